The van der Waals surface area contributed by atoms with Crippen LogP contribution >= 0.6 is 23.6 Å². The van der Waals surface area contributed by atoms with Gasteiger partial charge in [-0.2, -0.15) is 0 Å². The van der Waals surface area contributed by atoms with Crippen molar-refractivity contribution in [2.24, 2.45) is 0 Å². The van der Waals surface area contributed by atoms with Gasteiger partial charge < -0.3 is 0 Å². The van der Waals surface area contributed by atoms with Gasteiger partial charge in [-0.25, -0.2) is 0 Å². The van der Waals surface area contributed by atoms with E-state index in [1.807, 2.05) is 13.0 Å². The molecule has 0 fully saturated rings. The molecule has 4 aromatic carbocycles. The number of carbonyl (C=O) groups excluding carboxylic acids is 1. The SMILES string of the molecule is Br.CCN(C=O)c1nc2ccc(P(C)(c3ccccc3)(c3ccccc3)c3ccccc3)cc2o1. The van der Waals surface area contributed by atoms with Crippen molar-refractivity contribution in [2.75, 3.05) is 18.1 Å². The quantitative estimate of drug-likeness (QED) is 0.209. The van der Waals surface area contributed by atoms with Crippen LogP contribution in [0, 0.1) is 0 Å². The Morgan fingerprint density at radius 2 is 1.26 bits per heavy atom. The average molecular weight is 547 g/mol. The van der Waals surface area contributed by atoms with Gasteiger partial charge in [0.2, 0.25) is 0 Å². The Hall–Kier alpha value is -3.27. The number of aromatic nitrogens is 1. The van der Waals surface area contributed by atoms with Crippen LogP contribution in [0.1, 0.15) is 6.92 Å². The van der Waals surface area contributed by atoms with Crippen LogP contribution in [-0.4, -0.2) is 24.6 Å². The van der Waals surface area contributed by atoms with Crippen molar-refractivity contribution < 1.29 is 9.21 Å². The van der Waals surface area contributed by atoms with Gasteiger partial charge in [-0.05, 0) is 0 Å². The zero-order chi connectivity index (χ0) is 23.6. The molecule has 5 aromatic rings. The number of hydrogen-bond acceptors (Lipinski definition) is 3. The maximum absolute atomic E-state index is 11.5. The predicted octanol–water partition coefficient (Wildman–Crippen LogP) is 5.17. The van der Waals surface area contributed by atoms with Crippen molar-refractivity contribution in [3.8, 4) is 0 Å². The summed E-state index contributed by atoms with van der Waals surface area (Å²) in [6.07, 6.45) is 0.753. The first kappa shape index (κ1) is 24.8. The van der Waals surface area contributed by atoms with Crippen molar-refractivity contribution in [1.82, 2.24) is 4.98 Å². The normalized spacial score (nSPS) is 12.3. The number of halogens is 1. The second-order valence-electron chi connectivity index (χ2n) is 8.61. The van der Waals surface area contributed by atoms with E-state index in [4.69, 9.17) is 4.42 Å². The Balaban J connectivity index is 0.00000289. The fourth-order valence-electron chi connectivity index (χ4n) is 4.92. The van der Waals surface area contributed by atoms with Crippen molar-refractivity contribution in [2.45, 2.75) is 6.92 Å². The maximum atomic E-state index is 11.5. The Morgan fingerprint density at radius 3 is 1.69 bits per heavy atom. The summed E-state index contributed by atoms with van der Waals surface area (Å²) in [5, 5.41) is 4.99. The topological polar surface area (TPSA) is 46.3 Å². The minimum absolute atomic E-state index is 0. The molecule has 0 spiro atoms. The minimum atomic E-state index is -3.15. The van der Waals surface area contributed by atoms with Crippen molar-refractivity contribution in [3.63, 3.8) is 0 Å². The van der Waals surface area contributed by atoms with Gasteiger partial charge in [0.25, 0.3) is 0 Å². The zero-order valence-corrected chi connectivity index (χ0v) is 22.4. The number of benzene rings is 4. The number of nitrogens with zero attached hydrogens (tertiary/aromatic N) is 2. The predicted molar refractivity (Wildman–Crippen MR) is 154 cm³/mol. The molecular formula is C29H28BrN2O2P. The summed E-state index contributed by atoms with van der Waals surface area (Å²) in [7, 11) is 0. The summed E-state index contributed by atoms with van der Waals surface area (Å²) >= 11 is 0. The molecule has 6 heteroatoms. The van der Waals surface area contributed by atoms with Crippen LogP contribution < -0.4 is 26.1 Å². The number of carbonyl (C=O) groups is 1. The van der Waals surface area contributed by atoms with Crippen molar-refractivity contribution in [3.05, 3.63) is 109 Å². The third-order valence-electron chi connectivity index (χ3n) is 6.92. The Bertz CT molecular complexity index is 1340. The van der Waals surface area contributed by atoms with Crippen LogP contribution in [0.2, 0.25) is 0 Å². The monoisotopic (exact) mass is 546 g/mol. The summed E-state index contributed by atoms with van der Waals surface area (Å²) in [6, 6.07) is 38.9. The van der Waals surface area contributed by atoms with Crippen LogP contribution in [-0.2, 0) is 4.79 Å². The van der Waals surface area contributed by atoms with Crippen molar-refractivity contribution >= 4 is 68.3 Å². The molecule has 5 rings (SSSR count). The summed E-state index contributed by atoms with van der Waals surface area (Å²) < 4.78 is 6.10. The second kappa shape index (κ2) is 9.77. The van der Waals surface area contributed by atoms with Crippen LogP contribution in [0.4, 0.5) is 6.01 Å². The summed E-state index contributed by atoms with van der Waals surface area (Å²) in [6.45, 7) is 1.65. The van der Waals surface area contributed by atoms with E-state index in [2.05, 4.69) is 115 Å². The van der Waals surface area contributed by atoms with Gasteiger partial charge in [-0.1, -0.05) is 0 Å². The van der Waals surface area contributed by atoms with Gasteiger partial charge in [0.1, 0.15) is 0 Å². The second-order valence-corrected chi connectivity index (χ2v) is 13.8. The molecule has 4 nitrogen and oxygen atoms in total. The van der Waals surface area contributed by atoms with E-state index in [0.717, 1.165) is 11.9 Å². The van der Waals surface area contributed by atoms with Gasteiger partial charge in [-0.15, -0.1) is 17.0 Å². The van der Waals surface area contributed by atoms with Crippen molar-refractivity contribution in [1.29, 1.82) is 0 Å². The van der Waals surface area contributed by atoms with E-state index in [-0.39, 0.29) is 17.0 Å². The first-order valence-electron chi connectivity index (χ1n) is 11.4. The van der Waals surface area contributed by atoms with E-state index in [9.17, 15) is 4.79 Å². The van der Waals surface area contributed by atoms with E-state index >= 15 is 0 Å². The molecule has 0 radical (unpaired) electrons. The number of fused-ring (bicyclic) bond motifs is 1. The molecule has 0 N–H and O–H groups in total. The fraction of sp³-hybridized carbons (Fsp3) is 0.103. The van der Waals surface area contributed by atoms with Gasteiger partial charge in [0.05, 0.1) is 0 Å². The standard InChI is InChI=1S/C29H27N2O2P.BrH/c1-3-31(22-32)29-30-27-20-19-26(21-28(27)33-29)34(2,23-13-7-4-8-14-23,24-15-9-5-10-16-24)25-17-11-6-12-18-25;/h4-22H,3H2,1-2H3;1H. The fourth-order valence-corrected chi connectivity index (χ4v) is 10.4. The molecule has 0 saturated carbocycles. The Morgan fingerprint density at radius 1 is 0.771 bits per heavy atom. The van der Waals surface area contributed by atoms with Gasteiger partial charge >= 0.3 is 200 Å². The van der Waals surface area contributed by atoms with E-state index in [1.165, 1.54) is 26.1 Å². The molecule has 0 aliphatic carbocycles. The number of anilines is 1. The van der Waals surface area contributed by atoms with Gasteiger partial charge in [0.15, 0.2) is 0 Å². The van der Waals surface area contributed by atoms with Gasteiger partial charge in [0, 0.05) is 0 Å². The first-order chi connectivity index (χ1) is 16.6. The van der Waals surface area contributed by atoms with Crippen LogP contribution in [0.5, 0.6) is 0 Å². The molecule has 0 unspecified atom stereocenters. The number of hydrogen-bond donors (Lipinski definition) is 0. The molecule has 1 amide bonds. The molecule has 0 bridgehead atoms. The Labute approximate surface area is 216 Å². The molecule has 1 aromatic heterocycles. The third-order valence-corrected chi connectivity index (χ3v) is 13.3. The number of oxazole rings is 1. The molecule has 0 saturated heterocycles. The van der Waals surface area contributed by atoms with E-state index < -0.39 is 6.60 Å². The average Bonchev–Trinajstić information content (AvgIpc) is 3.34. The van der Waals surface area contributed by atoms with Crippen LogP contribution in [0.25, 0.3) is 11.1 Å². The zero-order valence-electron chi connectivity index (χ0n) is 19.7. The molecule has 0 aliphatic heterocycles. The molecule has 1 heterocycles. The molecule has 35 heavy (non-hydrogen) atoms. The third kappa shape index (κ3) is 3.80. The number of amides is 1. The summed E-state index contributed by atoms with van der Waals surface area (Å²) in [4.78, 5) is 17.5. The van der Waals surface area contributed by atoms with Crippen LogP contribution in [0.3, 0.4) is 0 Å². The number of rotatable bonds is 7. The first-order valence-corrected chi connectivity index (χ1v) is 14.1. The summed E-state index contributed by atoms with van der Waals surface area (Å²) in [5.41, 5.74) is 1.41. The molecule has 0 aliphatic rings. The van der Waals surface area contributed by atoms with Gasteiger partial charge in [-0.3, -0.25) is 0 Å². The molecule has 178 valence electrons. The van der Waals surface area contributed by atoms with E-state index in [0.29, 0.717) is 18.1 Å². The Kier molecular flexibility index (Phi) is 6.93. The summed E-state index contributed by atoms with van der Waals surface area (Å²) in [5.74, 6) is 0. The van der Waals surface area contributed by atoms with E-state index in [1.54, 1.807) is 0 Å². The molecular weight excluding hydrogens is 519 g/mol. The molecule has 0 atom stereocenters. The van der Waals surface area contributed by atoms with Crippen LogP contribution in [0.15, 0.2) is 114 Å².